The average molecular weight is 382 g/mol. The number of carbonyl (C=O) groups is 2. The molecule has 146 valence electrons. The van der Waals surface area contributed by atoms with Gasteiger partial charge in [0.15, 0.2) is 0 Å². The summed E-state index contributed by atoms with van der Waals surface area (Å²) in [5.74, 6) is 1.98. The van der Waals surface area contributed by atoms with Gasteiger partial charge in [0, 0.05) is 12.1 Å². The van der Waals surface area contributed by atoms with E-state index in [0.717, 1.165) is 0 Å². The molecule has 3 N–H and O–H groups in total. The topological polar surface area (TPSA) is 96.9 Å². The van der Waals surface area contributed by atoms with Crippen molar-refractivity contribution in [2.45, 2.75) is 6.42 Å². The zero-order valence-corrected chi connectivity index (χ0v) is 15.5. The van der Waals surface area contributed by atoms with Crippen molar-refractivity contribution in [3.8, 4) is 17.8 Å². The molecule has 2 rings (SSSR count). The Morgan fingerprint density at radius 2 is 1.89 bits per heavy atom. The van der Waals surface area contributed by atoms with E-state index in [9.17, 15) is 9.59 Å². The van der Waals surface area contributed by atoms with Crippen LogP contribution in [-0.4, -0.2) is 43.8 Å². The molecule has 2 aromatic rings. The van der Waals surface area contributed by atoms with E-state index in [2.05, 4.69) is 27.4 Å². The summed E-state index contributed by atoms with van der Waals surface area (Å²) in [6.07, 6.45) is 3.03. The van der Waals surface area contributed by atoms with Crippen molar-refractivity contribution in [2.75, 3.05) is 32.1 Å². The summed E-state index contributed by atoms with van der Waals surface area (Å²) >= 11 is 0. The first-order valence-electron chi connectivity index (χ1n) is 8.70. The highest BCUT2D eigenvalue weighted by molar-refractivity contribution is 5.94. The molecule has 0 fully saturated rings. The molecule has 0 aliphatic carbocycles. The van der Waals surface area contributed by atoms with Crippen LogP contribution in [0.3, 0.4) is 0 Å². The molecule has 0 saturated carbocycles. The lowest BCUT2D eigenvalue weighted by molar-refractivity contribution is 0.0696. The zero-order valence-electron chi connectivity index (χ0n) is 15.5. The van der Waals surface area contributed by atoms with E-state index < -0.39 is 5.97 Å². The molecule has 1 amide bonds. The molecular weight excluding hydrogens is 360 g/mol. The maximum atomic E-state index is 12.0. The number of carboxylic acids is 1. The second-order valence-electron chi connectivity index (χ2n) is 5.68. The molecule has 0 atom stereocenters. The molecule has 0 unspecified atom stereocenters. The minimum absolute atomic E-state index is 0.126. The first-order chi connectivity index (χ1) is 13.6. The second-order valence-corrected chi connectivity index (χ2v) is 5.68. The number of hydrogen-bond donors (Lipinski definition) is 3. The van der Waals surface area contributed by atoms with Gasteiger partial charge in [0.25, 0.3) is 5.91 Å². The molecule has 0 bridgehead atoms. The summed E-state index contributed by atoms with van der Waals surface area (Å²) in [6.45, 7) is 1.08. The maximum absolute atomic E-state index is 12.0. The fraction of sp³-hybridized carbons (Fsp3) is 0.238. The summed E-state index contributed by atoms with van der Waals surface area (Å²) in [5, 5.41) is 15.0. The second kappa shape index (κ2) is 11.1. The third-order valence-electron chi connectivity index (χ3n) is 3.67. The minimum atomic E-state index is -1.04. The van der Waals surface area contributed by atoms with Gasteiger partial charge in [-0.3, -0.25) is 4.79 Å². The van der Waals surface area contributed by atoms with Crippen LogP contribution in [0.25, 0.3) is 0 Å². The number of nitrogens with one attached hydrogen (secondary N) is 2. The predicted molar refractivity (Wildman–Crippen MR) is 106 cm³/mol. The van der Waals surface area contributed by atoms with Crippen LogP contribution in [-0.2, 0) is 4.74 Å². The van der Waals surface area contributed by atoms with E-state index in [1.807, 2.05) is 6.07 Å². The Hall–Kier alpha value is -3.66. The Balaban J connectivity index is 1.87. The Kier molecular flexibility index (Phi) is 8.21. The van der Waals surface area contributed by atoms with E-state index in [1.165, 1.54) is 19.2 Å². The normalized spacial score (nSPS) is 9.61. The van der Waals surface area contributed by atoms with Gasteiger partial charge in [-0.2, -0.15) is 0 Å². The van der Waals surface area contributed by atoms with Crippen molar-refractivity contribution in [3.05, 3.63) is 59.7 Å². The molecule has 0 spiro atoms. The number of rotatable bonds is 9. The van der Waals surface area contributed by atoms with Crippen molar-refractivity contribution >= 4 is 17.6 Å². The molecule has 0 radical (unpaired) electrons. The van der Waals surface area contributed by atoms with Crippen molar-refractivity contribution < 1.29 is 24.2 Å². The largest absolute Gasteiger partial charge is 0.491 e. The van der Waals surface area contributed by atoms with E-state index >= 15 is 0 Å². The summed E-state index contributed by atoms with van der Waals surface area (Å²) in [4.78, 5) is 23.2. The Bertz CT molecular complexity index is 856. The highest BCUT2D eigenvalue weighted by Gasteiger charge is 2.10. The highest BCUT2D eigenvalue weighted by atomic mass is 16.5. The summed E-state index contributed by atoms with van der Waals surface area (Å²) < 4.78 is 10.4. The summed E-state index contributed by atoms with van der Waals surface area (Å²) in [5.41, 5.74) is 1.35. The van der Waals surface area contributed by atoms with Crippen LogP contribution >= 0.6 is 0 Å². The molecule has 7 heteroatoms. The number of methoxy groups -OCH3 is 1. The molecule has 28 heavy (non-hydrogen) atoms. The molecular formula is C21H22N2O5. The third kappa shape index (κ3) is 6.57. The molecule has 7 nitrogen and oxygen atoms in total. The smallest absolute Gasteiger partial charge is 0.335 e. The van der Waals surface area contributed by atoms with Crippen LogP contribution in [0.4, 0.5) is 5.69 Å². The lowest BCUT2D eigenvalue weighted by Gasteiger charge is -2.13. The van der Waals surface area contributed by atoms with Crippen LogP contribution in [0.15, 0.2) is 48.5 Å². The number of carbonyl (C=O) groups excluding carboxylic acids is 1. The summed E-state index contributed by atoms with van der Waals surface area (Å²) in [6, 6.07) is 13.5. The number of hydrogen-bond acceptors (Lipinski definition) is 5. The van der Waals surface area contributed by atoms with Gasteiger partial charge < -0.3 is 25.2 Å². The van der Waals surface area contributed by atoms with Crippen molar-refractivity contribution in [1.82, 2.24) is 5.32 Å². The number of anilines is 1. The maximum Gasteiger partial charge on any atom is 0.335 e. The van der Waals surface area contributed by atoms with Crippen molar-refractivity contribution in [1.29, 1.82) is 0 Å². The van der Waals surface area contributed by atoms with Crippen LogP contribution in [0.2, 0.25) is 0 Å². The SMILES string of the molecule is COC#CCNc1ccc(C(=O)O)cc1OCCCNC(=O)c1ccccc1. The third-order valence-corrected chi connectivity index (χ3v) is 3.67. The van der Waals surface area contributed by atoms with Crippen LogP contribution in [0.5, 0.6) is 5.75 Å². The van der Waals surface area contributed by atoms with E-state index in [0.29, 0.717) is 43.1 Å². The Morgan fingerprint density at radius 1 is 1.11 bits per heavy atom. The Labute approximate surface area is 163 Å². The fourth-order valence-corrected chi connectivity index (χ4v) is 2.32. The highest BCUT2D eigenvalue weighted by Crippen LogP contribution is 2.26. The summed E-state index contributed by atoms with van der Waals surface area (Å²) in [7, 11) is 1.47. The predicted octanol–water partition coefficient (Wildman–Crippen LogP) is 2.60. The molecule has 0 aliphatic heterocycles. The van der Waals surface area contributed by atoms with E-state index in [4.69, 9.17) is 9.84 Å². The standard InChI is InChI=1S/C21H22N2O5/c1-27-13-5-11-22-18-10-9-17(21(25)26)15-19(18)28-14-6-12-23-20(24)16-7-3-2-4-8-16/h2-4,7-10,15,22H,6,11-12,14H2,1H3,(H,23,24)(H,25,26). The Morgan fingerprint density at radius 3 is 2.61 bits per heavy atom. The number of carboxylic acid groups (broad SMARTS) is 1. The first kappa shape index (κ1) is 20.6. The fourth-order valence-electron chi connectivity index (χ4n) is 2.32. The van der Waals surface area contributed by atoms with Gasteiger partial charge in [0.1, 0.15) is 11.9 Å². The number of benzene rings is 2. The number of aromatic carboxylic acids is 1. The lowest BCUT2D eigenvalue weighted by Crippen LogP contribution is -2.25. The number of ether oxygens (including phenoxy) is 2. The van der Waals surface area contributed by atoms with Gasteiger partial charge in [0.05, 0.1) is 31.5 Å². The van der Waals surface area contributed by atoms with E-state index in [1.54, 1.807) is 30.3 Å². The van der Waals surface area contributed by atoms with Crippen molar-refractivity contribution in [3.63, 3.8) is 0 Å². The zero-order chi connectivity index (χ0) is 20.2. The molecule has 0 saturated heterocycles. The van der Waals surface area contributed by atoms with Crippen LogP contribution in [0, 0.1) is 12.0 Å². The van der Waals surface area contributed by atoms with Gasteiger partial charge >= 0.3 is 5.97 Å². The monoisotopic (exact) mass is 382 g/mol. The molecule has 0 heterocycles. The van der Waals surface area contributed by atoms with Crippen LogP contribution < -0.4 is 15.4 Å². The molecule has 0 aliphatic rings. The van der Waals surface area contributed by atoms with Gasteiger partial charge in [-0.05, 0) is 42.7 Å². The first-order valence-corrected chi connectivity index (χ1v) is 8.70. The average Bonchev–Trinajstić information content (AvgIpc) is 2.72. The van der Waals surface area contributed by atoms with Crippen LogP contribution in [0.1, 0.15) is 27.1 Å². The van der Waals surface area contributed by atoms with Crippen molar-refractivity contribution in [2.24, 2.45) is 0 Å². The van der Waals surface area contributed by atoms with Gasteiger partial charge in [-0.25, -0.2) is 4.79 Å². The minimum Gasteiger partial charge on any atom is -0.491 e. The molecule has 2 aromatic carbocycles. The van der Waals surface area contributed by atoms with Gasteiger partial charge in [-0.1, -0.05) is 18.2 Å². The van der Waals surface area contributed by atoms with E-state index in [-0.39, 0.29) is 11.5 Å². The van der Waals surface area contributed by atoms with Gasteiger partial charge in [-0.15, -0.1) is 0 Å². The molecule has 0 aromatic heterocycles. The number of amides is 1. The lowest BCUT2D eigenvalue weighted by atomic mass is 10.2. The quantitative estimate of drug-likeness (QED) is 0.456. The van der Waals surface area contributed by atoms with Gasteiger partial charge in [0.2, 0.25) is 0 Å².